The summed E-state index contributed by atoms with van der Waals surface area (Å²) in [4.78, 5) is 29.3. The topological polar surface area (TPSA) is 79.7 Å². The molecule has 1 N–H and O–H groups in total. The quantitative estimate of drug-likeness (QED) is 0.635. The molecule has 0 aliphatic carbocycles. The Bertz CT molecular complexity index is 508. The van der Waals surface area contributed by atoms with Crippen molar-refractivity contribution in [2.24, 2.45) is 0 Å². The first-order valence-electron chi connectivity index (χ1n) is 5.72. The highest BCUT2D eigenvalue weighted by molar-refractivity contribution is 9.10. The molecular weight excluding hydrogens is 316 g/mol. The molecule has 2 atom stereocenters. The largest absolute Gasteiger partial charge is 0.467 e. The molecule has 19 heavy (non-hydrogen) atoms. The lowest BCUT2D eigenvalue weighted by molar-refractivity contribution is -0.145. The summed E-state index contributed by atoms with van der Waals surface area (Å²) >= 11 is 3.20. The summed E-state index contributed by atoms with van der Waals surface area (Å²) in [5, 5.41) is 9.65. The molecule has 2 unspecified atom stereocenters. The predicted molar refractivity (Wildman–Crippen MR) is 69.4 cm³/mol. The van der Waals surface area contributed by atoms with Gasteiger partial charge in [-0.25, -0.2) is 9.78 Å². The highest BCUT2D eigenvalue weighted by Gasteiger charge is 2.40. The van der Waals surface area contributed by atoms with Gasteiger partial charge in [-0.15, -0.1) is 0 Å². The van der Waals surface area contributed by atoms with Gasteiger partial charge in [-0.3, -0.25) is 4.79 Å². The summed E-state index contributed by atoms with van der Waals surface area (Å²) in [7, 11) is 1.26. The van der Waals surface area contributed by atoms with Crippen molar-refractivity contribution in [1.82, 2.24) is 9.88 Å². The van der Waals surface area contributed by atoms with Crippen LogP contribution in [0.5, 0.6) is 0 Å². The predicted octanol–water partition coefficient (Wildman–Crippen LogP) is 0.592. The van der Waals surface area contributed by atoms with Gasteiger partial charge < -0.3 is 14.7 Å². The Balaban J connectivity index is 2.27. The SMILES string of the molecule is COC(=O)C1CC(O)CN1C(=O)c1cccnc1Br. The van der Waals surface area contributed by atoms with Crippen LogP contribution >= 0.6 is 15.9 Å². The Morgan fingerprint density at radius 2 is 2.32 bits per heavy atom. The molecule has 1 aromatic rings. The zero-order valence-electron chi connectivity index (χ0n) is 10.2. The number of carbonyl (C=O) groups is 2. The molecule has 1 aromatic heterocycles. The number of carbonyl (C=O) groups excluding carboxylic acids is 2. The van der Waals surface area contributed by atoms with Crippen molar-refractivity contribution in [2.45, 2.75) is 18.6 Å². The Kier molecular flexibility index (Phi) is 4.16. The third-order valence-corrected chi connectivity index (χ3v) is 3.63. The van der Waals surface area contributed by atoms with Gasteiger partial charge in [0.15, 0.2) is 0 Å². The molecule has 6 nitrogen and oxygen atoms in total. The van der Waals surface area contributed by atoms with E-state index in [1.807, 2.05) is 0 Å². The van der Waals surface area contributed by atoms with Crippen LogP contribution in [0.3, 0.4) is 0 Å². The number of halogens is 1. The second kappa shape index (κ2) is 5.66. The Morgan fingerprint density at radius 3 is 2.95 bits per heavy atom. The van der Waals surface area contributed by atoms with Crippen LogP contribution in [0, 0.1) is 0 Å². The van der Waals surface area contributed by atoms with E-state index in [2.05, 4.69) is 25.7 Å². The van der Waals surface area contributed by atoms with Gasteiger partial charge >= 0.3 is 5.97 Å². The number of nitrogens with zero attached hydrogens (tertiary/aromatic N) is 2. The van der Waals surface area contributed by atoms with Crippen molar-refractivity contribution in [3.8, 4) is 0 Å². The van der Waals surface area contributed by atoms with Crippen LogP contribution in [-0.2, 0) is 9.53 Å². The minimum absolute atomic E-state index is 0.111. The molecule has 1 aliphatic rings. The van der Waals surface area contributed by atoms with E-state index >= 15 is 0 Å². The first-order chi connectivity index (χ1) is 9.04. The highest BCUT2D eigenvalue weighted by Crippen LogP contribution is 2.24. The van der Waals surface area contributed by atoms with Crippen LogP contribution in [0.25, 0.3) is 0 Å². The molecule has 0 spiro atoms. The lowest BCUT2D eigenvalue weighted by atomic mass is 10.2. The lowest BCUT2D eigenvalue weighted by Crippen LogP contribution is -2.41. The van der Waals surface area contributed by atoms with Crippen LogP contribution in [0.15, 0.2) is 22.9 Å². The van der Waals surface area contributed by atoms with Crippen LogP contribution < -0.4 is 0 Å². The summed E-state index contributed by atoms with van der Waals surface area (Å²) in [6.07, 6.45) is 1.02. The van der Waals surface area contributed by atoms with Crippen molar-refractivity contribution in [1.29, 1.82) is 0 Å². The van der Waals surface area contributed by atoms with Crippen molar-refractivity contribution in [2.75, 3.05) is 13.7 Å². The molecule has 2 rings (SSSR count). The van der Waals surface area contributed by atoms with Gasteiger partial charge in [0.25, 0.3) is 5.91 Å². The van der Waals surface area contributed by atoms with Crippen molar-refractivity contribution in [3.05, 3.63) is 28.5 Å². The number of β-amino-alcohol motifs (C(OH)–C–C–N with tert-alkyl or cyclic N) is 1. The van der Waals surface area contributed by atoms with E-state index < -0.39 is 18.1 Å². The average molecular weight is 329 g/mol. The number of likely N-dealkylation sites (tertiary alicyclic amines) is 1. The molecule has 0 saturated carbocycles. The van der Waals surface area contributed by atoms with Gasteiger partial charge in [0, 0.05) is 19.2 Å². The molecule has 0 aromatic carbocycles. The molecule has 1 aliphatic heterocycles. The zero-order valence-corrected chi connectivity index (χ0v) is 11.8. The maximum absolute atomic E-state index is 12.4. The highest BCUT2D eigenvalue weighted by atomic mass is 79.9. The Morgan fingerprint density at radius 1 is 1.58 bits per heavy atom. The van der Waals surface area contributed by atoms with Gasteiger partial charge in [-0.05, 0) is 28.1 Å². The number of aliphatic hydroxyl groups is 1. The molecular formula is C12H13BrN2O4. The van der Waals surface area contributed by atoms with E-state index in [0.717, 1.165) is 0 Å². The molecule has 1 amide bonds. The van der Waals surface area contributed by atoms with E-state index in [9.17, 15) is 14.7 Å². The van der Waals surface area contributed by atoms with Gasteiger partial charge in [0.2, 0.25) is 0 Å². The van der Waals surface area contributed by atoms with Gasteiger partial charge in [-0.2, -0.15) is 0 Å². The number of methoxy groups -OCH3 is 1. The second-order valence-electron chi connectivity index (χ2n) is 4.23. The first kappa shape index (κ1) is 14.0. The first-order valence-corrected chi connectivity index (χ1v) is 6.51. The standard InChI is InChI=1S/C12H13BrN2O4/c1-19-12(18)9-5-7(16)6-15(9)11(17)8-3-2-4-14-10(8)13/h2-4,7,9,16H,5-6H2,1H3. The number of hydrogen-bond acceptors (Lipinski definition) is 5. The summed E-state index contributed by atoms with van der Waals surface area (Å²) < 4.78 is 5.07. The summed E-state index contributed by atoms with van der Waals surface area (Å²) in [5.41, 5.74) is 0.352. The fourth-order valence-electron chi connectivity index (χ4n) is 2.10. The number of aliphatic hydroxyl groups excluding tert-OH is 1. The third-order valence-electron chi connectivity index (χ3n) is 3.00. The number of hydrogen-bond donors (Lipinski definition) is 1. The minimum atomic E-state index is -0.750. The number of esters is 1. The summed E-state index contributed by atoms with van der Waals surface area (Å²) in [5.74, 6) is -0.878. The van der Waals surface area contributed by atoms with Crippen LogP contribution in [0.1, 0.15) is 16.8 Å². The van der Waals surface area contributed by atoms with Gasteiger partial charge in [-0.1, -0.05) is 0 Å². The van der Waals surface area contributed by atoms with E-state index in [1.165, 1.54) is 12.0 Å². The molecule has 2 heterocycles. The maximum atomic E-state index is 12.4. The van der Waals surface area contributed by atoms with E-state index in [1.54, 1.807) is 18.3 Å². The van der Waals surface area contributed by atoms with Crippen molar-refractivity contribution >= 4 is 27.8 Å². The number of rotatable bonds is 2. The number of amides is 1. The molecule has 1 fully saturated rings. The Hall–Kier alpha value is -1.47. The smallest absolute Gasteiger partial charge is 0.328 e. The van der Waals surface area contributed by atoms with E-state index in [0.29, 0.717) is 10.2 Å². The molecule has 0 radical (unpaired) electrons. The van der Waals surface area contributed by atoms with Crippen LogP contribution in [0.2, 0.25) is 0 Å². The van der Waals surface area contributed by atoms with Gasteiger partial charge in [0.1, 0.15) is 10.6 Å². The average Bonchev–Trinajstić information content (AvgIpc) is 2.79. The number of aromatic nitrogens is 1. The number of ether oxygens (including phenoxy) is 1. The van der Waals surface area contributed by atoms with Crippen LogP contribution in [0.4, 0.5) is 0 Å². The lowest BCUT2D eigenvalue weighted by Gasteiger charge is -2.22. The minimum Gasteiger partial charge on any atom is -0.467 e. The fourth-order valence-corrected chi connectivity index (χ4v) is 2.52. The van der Waals surface area contributed by atoms with Crippen molar-refractivity contribution in [3.63, 3.8) is 0 Å². The summed E-state index contributed by atoms with van der Waals surface area (Å²) in [6, 6.07) is 2.50. The van der Waals surface area contributed by atoms with E-state index in [-0.39, 0.29) is 18.9 Å². The zero-order chi connectivity index (χ0) is 14.0. The molecule has 7 heteroatoms. The summed E-state index contributed by atoms with van der Waals surface area (Å²) in [6.45, 7) is 0.111. The van der Waals surface area contributed by atoms with E-state index in [4.69, 9.17) is 0 Å². The second-order valence-corrected chi connectivity index (χ2v) is 4.98. The van der Waals surface area contributed by atoms with Crippen LogP contribution in [-0.4, -0.2) is 52.7 Å². The monoisotopic (exact) mass is 328 g/mol. The number of pyridine rings is 1. The fraction of sp³-hybridized carbons (Fsp3) is 0.417. The molecule has 1 saturated heterocycles. The normalized spacial score (nSPS) is 22.4. The van der Waals surface area contributed by atoms with Gasteiger partial charge in [0.05, 0.1) is 18.8 Å². The molecule has 0 bridgehead atoms. The Labute approximate surface area is 118 Å². The maximum Gasteiger partial charge on any atom is 0.328 e. The molecule has 102 valence electrons. The van der Waals surface area contributed by atoms with Crippen molar-refractivity contribution < 1.29 is 19.4 Å². The third kappa shape index (κ3) is 2.76.